The van der Waals surface area contributed by atoms with E-state index in [1.165, 1.54) is 63.4 Å². The number of carbonyl (C=O) groups is 1. The second-order valence-corrected chi connectivity index (χ2v) is 10.7. The predicted octanol–water partition coefficient (Wildman–Crippen LogP) is 5.31. The molecule has 7 nitrogen and oxygen atoms in total. The molecule has 0 bridgehead atoms. The van der Waals surface area contributed by atoms with Crippen LogP contribution in [-0.4, -0.2) is 31.5 Å². The number of nitrogens with zero attached hydrogens (tertiary/aromatic N) is 4. The fourth-order valence-electron chi connectivity index (χ4n) is 5.75. The van der Waals surface area contributed by atoms with Gasteiger partial charge in [0, 0.05) is 12.6 Å². The van der Waals surface area contributed by atoms with Crippen LogP contribution in [0.25, 0.3) is 16.7 Å². The molecule has 0 spiro atoms. The summed E-state index contributed by atoms with van der Waals surface area (Å²) in [5, 5.41) is 3.64. The van der Waals surface area contributed by atoms with E-state index >= 15 is 0 Å². The van der Waals surface area contributed by atoms with Crippen LogP contribution < -0.4 is 11.1 Å². The van der Waals surface area contributed by atoms with E-state index in [1.807, 2.05) is 0 Å². The quantitative estimate of drug-likeness (QED) is 0.596. The van der Waals surface area contributed by atoms with Crippen molar-refractivity contribution in [1.82, 2.24) is 19.5 Å². The van der Waals surface area contributed by atoms with Crippen LogP contribution in [0.4, 0.5) is 5.82 Å². The molecule has 0 aliphatic heterocycles. The molecule has 2 saturated carbocycles. The molecule has 0 unspecified atom stereocenters. The fourth-order valence-corrected chi connectivity index (χ4v) is 5.75. The lowest BCUT2D eigenvalue weighted by Crippen LogP contribution is -2.32. The third-order valence-electron chi connectivity index (χ3n) is 8.20. The lowest BCUT2D eigenvalue weighted by atomic mass is 9.80. The molecule has 3 N–H and O–H groups in total. The molecule has 2 fully saturated rings. The van der Waals surface area contributed by atoms with Crippen molar-refractivity contribution in [3.05, 3.63) is 17.7 Å². The average Bonchev–Trinajstić information content (AvgIpc) is 3.13. The van der Waals surface area contributed by atoms with Gasteiger partial charge in [-0.3, -0.25) is 4.79 Å². The predicted molar refractivity (Wildman–Crippen MR) is 132 cm³/mol. The Morgan fingerprint density at radius 2 is 1.91 bits per heavy atom. The zero-order valence-electron chi connectivity index (χ0n) is 20.1. The molecule has 33 heavy (non-hydrogen) atoms. The van der Waals surface area contributed by atoms with Crippen LogP contribution in [0.15, 0.2) is 6.08 Å². The topological polar surface area (TPSA) is 98.7 Å². The molecule has 3 aliphatic rings. The normalized spacial score (nSPS) is 24.8. The summed E-state index contributed by atoms with van der Waals surface area (Å²) in [5.74, 6) is 3.27. The minimum Gasteiger partial charge on any atom is -0.365 e. The van der Waals surface area contributed by atoms with Gasteiger partial charge < -0.3 is 15.6 Å². The van der Waals surface area contributed by atoms with E-state index in [0.29, 0.717) is 23.3 Å². The zero-order valence-corrected chi connectivity index (χ0v) is 20.1. The van der Waals surface area contributed by atoms with Crippen LogP contribution in [0.2, 0.25) is 0 Å². The molecule has 2 aromatic heterocycles. The summed E-state index contributed by atoms with van der Waals surface area (Å²) in [7, 11) is 0. The zero-order chi connectivity index (χ0) is 22.9. The minimum atomic E-state index is -0.606. The molecule has 1 atom stereocenters. The number of carbonyl (C=O) groups excluding carboxylic acids is 1. The lowest BCUT2D eigenvalue weighted by Gasteiger charge is -2.32. The lowest BCUT2D eigenvalue weighted by molar-refractivity contribution is 0.0991. The SMILES string of the molecule is C[C@@H](Nc1nc(C(N)=O)nc2nc(C3=CCCCC3)n(C[C@H]3CC[C@H](C)CC3)c12)C1CCC1. The van der Waals surface area contributed by atoms with Crippen molar-refractivity contribution in [2.75, 3.05) is 5.32 Å². The summed E-state index contributed by atoms with van der Waals surface area (Å²) in [4.78, 5) is 26.2. The molecule has 5 rings (SSSR count). The van der Waals surface area contributed by atoms with Crippen LogP contribution in [0.1, 0.15) is 101 Å². The van der Waals surface area contributed by atoms with Crippen molar-refractivity contribution in [1.29, 1.82) is 0 Å². The number of allylic oxidation sites excluding steroid dienone is 2. The first-order valence-corrected chi connectivity index (χ1v) is 13.0. The molecule has 1 amide bonds. The van der Waals surface area contributed by atoms with Crippen molar-refractivity contribution in [3.8, 4) is 0 Å². The number of hydrogen-bond donors (Lipinski definition) is 2. The third kappa shape index (κ3) is 4.64. The Hall–Kier alpha value is -2.44. The number of aromatic nitrogens is 4. The van der Waals surface area contributed by atoms with Gasteiger partial charge in [0.15, 0.2) is 11.5 Å². The molecule has 2 heterocycles. The first kappa shape index (κ1) is 22.4. The first-order valence-electron chi connectivity index (χ1n) is 13.0. The molecule has 3 aliphatic carbocycles. The van der Waals surface area contributed by atoms with Crippen LogP contribution in [0, 0.1) is 17.8 Å². The highest BCUT2D eigenvalue weighted by Crippen LogP contribution is 2.36. The Bertz CT molecular complexity index is 1040. The second kappa shape index (κ2) is 9.43. The van der Waals surface area contributed by atoms with E-state index in [4.69, 9.17) is 10.7 Å². The number of imidazole rings is 1. The van der Waals surface area contributed by atoms with Crippen molar-refractivity contribution >= 4 is 28.5 Å². The second-order valence-electron chi connectivity index (χ2n) is 10.7. The van der Waals surface area contributed by atoms with E-state index < -0.39 is 5.91 Å². The average molecular weight is 451 g/mol. The molecule has 178 valence electrons. The highest BCUT2D eigenvalue weighted by atomic mass is 16.1. The maximum absolute atomic E-state index is 12.0. The van der Waals surface area contributed by atoms with Crippen LogP contribution >= 0.6 is 0 Å². The number of anilines is 1. The molecular weight excluding hydrogens is 412 g/mol. The van der Waals surface area contributed by atoms with Crippen molar-refractivity contribution < 1.29 is 4.79 Å². The van der Waals surface area contributed by atoms with Crippen molar-refractivity contribution in [2.24, 2.45) is 23.5 Å². The van der Waals surface area contributed by atoms with Gasteiger partial charge in [0.25, 0.3) is 5.91 Å². The van der Waals surface area contributed by atoms with E-state index in [9.17, 15) is 4.79 Å². The number of nitrogens with one attached hydrogen (secondary N) is 1. The maximum Gasteiger partial charge on any atom is 0.286 e. The molecule has 0 radical (unpaired) electrons. The van der Waals surface area contributed by atoms with Gasteiger partial charge in [-0.1, -0.05) is 32.3 Å². The molecule has 0 aromatic carbocycles. The van der Waals surface area contributed by atoms with E-state index in [1.54, 1.807) is 0 Å². The van der Waals surface area contributed by atoms with Crippen LogP contribution in [0.5, 0.6) is 0 Å². The minimum absolute atomic E-state index is 0.0473. The van der Waals surface area contributed by atoms with Gasteiger partial charge in [0.1, 0.15) is 11.3 Å². The van der Waals surface area contributed by atoms with Gasteiger partial charge in [-0.25, -0.2) is 15.0 Å². The molecular formula is C26H38N6O. The van der Waals surface area contributed by atoms with Gasteiger partial charge in [-0.05, 0) is 81.6 Å². The number of rotatable bonds is 7. The largest absolute Gasteiger partial charge is 0.365 e. The third-order valence-corrected chi connectivity index (χ3v) is 8.20. The number of amides is 1. The van der Waals surface area contributed by atoms with Gasteiger partial charge in [-0.2, -0.15) is 0 Å². The summed E-state index contributed by atoms with van der Waals surface area (Å²) in [6.07, 6.45) is 15.8. The van der Waals surface area contributed by atoms with E-state index in [0.717, 1.165) is 36.6 Å². The monoisotopic (exact) mass is 450 g/mol. The van der Waals surface area contributed by atoms with Crippen LogP contribution in [0.3, 0.4) is 0 Å². The standard InChI is InChI=1S/C26H38N6O/c1-16-11-13-18(14-12-16)15-32-21-23(28-17(2)19-9-6-10-19)29-25(22(27)33)30-24(21)31-26(32)20-7-4-3-5-8-20/h7,16-19H,3-6,8-15H2,1-2H3,(H2,27,33)(H,28,29,30)/t16-,17-,18-/m1/s1. The van der Waals surface area contributed by atoms with Crippen LogP contribution in [-0.2, 0) is 6.54 Å². The first-order chi connectivity index (χ1) is 16.0. The Labute approximate surface area is 196 Å². The van der Waals surface area contributed by atoms with Gasteiger partial charge in [0.05, 0.1) is 0 Å². The Kier molecular flexibility index (Phi) is 6.39. The number of hydrogen-bond acceptors (Lipinski definition) is 5. The number of fused-ring (bicyclic) bond motifs is 1. The summed E-state index contributed by atoms with van der Waals surface area (Å²) in [5.41, 5.74) is 8.45. The highest BCUT2D eigenvalue weighted by molar-refractivity contribution is 5.94. The Balaban J connectivity index is 1.60. The number of primary amides is 1. The summed E-state index contributed by atoms with van der Waals surface area (Å²) >= 11 is 0. The molecule has 2 aromatic rings. The molecule has 0 saturated heterocycles. The Morgan fingerprint density at radius 3 is 2.55 bits per heavy atom. The highest BCUT2D eigenvalue weighted by Gasteiger charge is 2.29. The summed E-state index contributed by atoms with van der Waals surface area (Å²) in [6, 6.07) is 0.286. The van der Waals surface area contributed by atoms with E-state index in [-0.39, 0.29) is 11.9 Å². The molecule has 7 heteroatoms. The van der Waals surface area contributed by atoms with Gasteiger partial charge in [-0.15, -0.1) is 0 Å². The van der Waals surface area contributed by atoms with Gasteiger partial charge >= 0.3 is 0 Å². The van der Waals surface area contributed by atoms with E-state index in [2.05, 4.69) is 39.8 Å². The smallest absolute Gasteiger partial charge is 0.286 e. The van der Waals surface area contributed by atoms with Crippen molar-refractivity contribution in [2.45, 2.75) is 97.1 Å². The summed E-state index contributed by atoms with van der Waals surface area (Å²) < 4.78 is 2.37. The Morgan fingerprint density at radius 1 is 1.12 bits per heavy atom. The fraction of sp³-hybridized carbons (Fsp3) is 0.692. The number of nitrogens with two attached hydrogens (primary N) is 1. The maximum atomic E-state index is 12.0. The van der Waals surface area contributed by atoms with Crippen molar-refractivity contribution in [3.63, 3.8) is 0 Å². The van der Waals surface area contributed by atoms with Gasteiger partial charge in [0.2, 0.25) is 5.82 Å². The summed E-state index contributed by atoms with van der Waals surface area (Å²) in [6.45, 7) is 5.52.